The Balaban J connectivity index is 2.14. The Bertz CT molecular complexity index is 852. The van der Waals surface area contributed by atoms with Gasteiger partial charge in [-0.3, -0.25) is 4.79 Å². The number of aromatic carboxylic acids is 1. The van der Waals surface area contributed by atoms with E-state index in [0.717, 1.165) is 5.56 Å². The molecule has 2 N–H and O–H groups in total. The number of anilines is 1. The van der Waals surface area contributed by atoms with Gasteiger partial charge >= 0.3 is 5.97 Å². The Labute approximate surface area is 161 Å². The van der Waals surface area contributed by atoms with Crippen molar-refractivity contribution in [3.8, 4) is 17.2 Å². The molecular weight excluding hydrogens is 374 g/mol. The van der Waals surface area contributed by atoms with Gasteiger partial charge in [0.05, 0.1) is 37.6 Å². The van der Waals surface area contributed by atoms with E-state index in [2.05, 4.69) is 5.32 Å². The third-order valence-electron chi connectivity index (χ3n) is 3.86. The molecule has 0 fully saturated rings. The summed E-state index contributed by atoms with van der Waals surface area (Å²) in [7, 11) is 4.33. The molecule has 2 aromatic carbocycles. The third kappa shape index (κ3) is 5.04. The van der Waals surface area contributed by atoms with E-state index >= 15 is 0 Å². The number of rotatable bonds is 8. The molecular formula is C19H20ClNO6. The van der Waals surface area contributed by atoms with Crippen LogP contribution in [0.25, 0.3) is 0 Å². The Hall–Kier alpha value is -2.93. The summed E-state index contributed by atoms with van der Waals surface area (Å²) in [5.74, 6) is -0.408. The minimum atomic E-state index is -1.14. The number of hydrogen-bond acceptors (Lipinski definition) is 5. The van der Waals surface area contributed by atoms with Gasteiger partial charge in [-0.2, -0.15) is 0 Å². The summed E-state index contributed by atoms with van der Waals surface area (Å²) in [4.78, 5) is 23.6. The van der Waals surface area contributed by atoms with Gasteiger partial charge in [0.15, 0.2) is 11.5 Å². The van der Waals surface area contributed by atoms with Crippen LogP contribution in [-0.2, 0) is 11.2 Å². The van der Waals surface area contributed by atoms with Crippen LogP contribution in [0.2, 0.25) is 5.02 Å². The number of halogens is 1. The van der Waals surface area contributed by atoms with Gasteiger partial charge in [-0.1, -0.05) is 17.7 Å². The second-order valence-corrected chi connectivity index (χ2v) is 5.99. The molecule has 1 amide bonds. The van der Waals surface area contributed by atoms with Crippen LogP contribution in [0.4, 0.5) is 5.69 Å². The largest absolute Gasteiger partial charge is 0.495 e. The Morgan fingerprint density at radius 3 is 2.30 bits per heavy atom. The first-order chi connectivity index (χ1) is 12.9. The monoisotopic (exact) mass is 393 g/mol. The van der Waals surface area contributed by atoms with E-state index in [1.807, 2.05) is 6.07 Å². The normalized spacial score (nSPS) is 10.2. The first-order valence-electron chi connectivity index (χ1n) is 8.01. The molecule has 0 bridgehead atoms. The Morgan fingerprint density at radius 2 is 1.74 bits per heavy atom. The van der Waals surface area contributed by atoms with Gasteiger partial charge < -0.3 is 24.6 Å². The number of carbonyl (C=O) groups excluding carboxylic acids is 1. The number of benzene rings is 2. The second-order valence-electron chi connectivity index (χ2n) is 5.58. The summed E-state index contributed by atoms with van der Waals surface area (Å²) in [5, 5.41) is 12.4. The van der Waals surface area contributed by atoms with E-state index in [4.69, 9.17) is 25.8 Å². The molecule has 27 heavy (non-hydrogen) atoms. The number of methoxy groups -OCH3 is 3. The van der Waals surface area contributed by atoms with Crippen LogP contribution in [0.3, 0.4) is 0 Å². The zero-order chi connectivity index (χ0) is 20.0. The quantitative estimate of drug-likeness (QED) is 0.711. The smallest absolute Gasteiger partial charge is 0.335 e. The molecule has 0 aliphatic rings. The summed E-state index contributed by atoms with van der Waals surface area (Å²) in [6.45, 7) is 0. The van der Waals surface area contributed by atoms with E-state index < -0.39 is 5.97 Å². The molecule has 2 rings (SSSR count). The number of hydrogen-bond donors (Lipinski definition) is 2. The van der Waals surface area contributed by atoms with Crippen molar-refractivity contribution in [2.75, 3.05) is 26.6 Å². The van der Waals surface area contributed by atoms with Crippen LogP contribution < -0.4 is 19.5 Å². The fourth-order valence-corrected chi connectivity index (χ4v) is 2.80. The highest BCUT2D eigenvalue weighted by molar-refractivity contribution is 6.32. The number of ether oxygens (including phenoxy) is 3. The van der Waals surface area contributed by atoms with Gasteiger partial charge in [-0.15, -0.1) is 0 Å². The van der Waals surface area contributed by atoms with Crippen LogP contribution >= 0.6 is 11.6 Å². The SMILES string of the molecule is COc1ccc(CCC(=O)Nc2cc(C(=O)O)cc(OC)c2OC)cc1Cl. The van der Waals surface area contributed by atoms with Gasteiger partial charge in [0, 0.05) is 6.42 Å². The second kappa shape index (κ2) is 9.14. The summed E-state index contributed by atoms with van der Waals surface area (Å²) >= 11 is 6.08. The molecule has 2 aromatic rings. The standard InChI is InChI=1S/C19H20ClNO6/c1-25-15-6-4-11(8-13(15)20)5-7-17(22)21-14-9-12(19(23)24)10-16(26-2)18(14)27-3/h4,6,8-10H,5,7H2,1-3H3,(H,21,22)(H,23,24). The average molecular weight is 394 g/mol. The first-order valence-corrected chi connectivity index (χ1v) is 8.39. The number of carboxylic acids is 1. The maximum atomic E-state index is 12.3. The van der Waals surface area contributed by atoms with Gasteiger partial charge in [-0.25, -0.2) is 4.79 Å². The van der Waals surface area contributed by atoms with E-state index in [1.165, 1.54) is 33.5 Å². The van der Waals surface area contributed by atoms with Gasteiger partial charge in [0.2, 0.25) is 5.91 Å². The molecule has 0 aromatic heterocycles. The van der Waals surface area contributed by atoms with Crippen LogP contribution in [0.5, 0.6) is 17.2 Å². The van der Waals surface area contributed by atoms with E-state index in [0.29, 0.717) is 17.2 Å². The predicted octanol–water partition coefficient (Wildman–Crippen LogP) is 3.64. The molecule has 0 radical (unpaired) electrons. The molecule has 0 saturated heterocycles. The van der Waals surface area contributed by atoms with Gasteiger partial charge in [0.25, 0.3) is 0 Å². The number of carboxylic acid groups (broad SMARTS) is 1. The molecule has 144 valence electrons. The summed E-state index contributed by atoms with van der Waals surface area (Å²) in [6.07, 6.45) is 0.624. The highest BCUT2D eigenvalue weighted by atomic mass is 35.5. The Morgan fingerprint density at radius 1 is 1.04 bits per heavy atom. The van der Waals surface area contributed by atoms with Crippen molar-refractivity contribution < 1.29 is 28.9 Å². The average Bonchev–Trinajstić information content (AvgIpc) is 2.65. The number of amides is 1. The minimum Gasteiger partial charge on any atom is -0.495 e. The van der Waals surface area contributed by atoms with Crippen molar-refractivity contribution in [3.63, 3.8) is 0 Å². The number of aryl methyl sites for hydroxylation is 1. The molecule has 0 spiro atoms. The Kier molecular flexibility index (Phi) is 6.90. The maximum Gasteiger partial charge on any atom is 0.335 e. The fourth-order valence-electron chi connectivity index (χ4n) is 2.52. The predicted molar refractivity (Wildman–Crippen MR) is 101 cm³/mol. The van der Waals surface area contributed by atoms with Crippen LogP contribution in [0.1, 0.15) is 22.3 Å². The van der Waals surface area contributed by atoms with Crippen molar-refractivity contribution in [3.05, 3.63) is 46.5 Å². The van der Waals surface area contributed by atoms with Gasteiger partial charge in [-0.05, 0) is 36.2 Å². The maximum absolute atomic E-state index is 12.3. The van der Waals surface area contributed by atoms with E-state index in [9.17, 15) is 14.7 Å². The van der Waals surface area contributed by atoms with Crippen LogP contribution in [0.15, 0.2) is 30.3 Å². The van der Waals surface area contributed by atoms with E-state index in [-0.39, 0.29) is 35.1 Å². The summed E-state index contributed by atoms with van der Waals surface area (Å²) in [5.41, 5.74) is 1.08. The molecule has 7 nitrogen and oxygen atoms in total. The molecule has 0 aliphatic carbocycles. The van der Waals surface area contributed by atoms with Crippen molar-refractivity contribution in [2.45, 2.75) is 12.8 Å². The zero-order valence-electron chi connectivity index (χ0n) is 15.2. The lowest BCUT2D eigenvalue weighted by Crippen LogP contribution is -2.14. The molecule has 0 unspecified atom stereocenters. The molecule has 0 saturated carbocycles. The van der Waals surface area contributed by atoms with E-state index in [1.54, 1.807) is 12.1 Å². The molecule has 0 atom stereocenters. The van der Waals surface area contributed by atoms with Crippen molar-refractivity contribution in [1.82, 2.24) is 0 Å². The lowest BCUT2D eigenvalue weighted by atomic mass is 10.1. The van der Waals surface area contributed by atoms with Crippen LogP contribution in [0, 0.1) is 0 Å². The number of nitrogens with one attached hydrogen (secondary N) is 1. The highest BCUT2D eigenvalue weighted by Gasteiger charge is 2.17. The molecule has 0 aliphatic heterocycles. The fraction of sp³-hybridized carbons (Fsp3) is 0.263. The van der Waals surface area contributed by atoms with Gasteiger partial charge in [0.1, 0.15) is 5.75 Å². The summed E-state index contributed by atoms with van der Waals surface area (Å²) in [6, 6.07) is 7.96. The first kappa shape index (κ1) is 20.4. The zero-order valence-corrected chi connectivity index (χ0v) is 15.9. The number of carbonyl (C=O) groups is 2. The summed E-state index contributed by atoms with van der Waals surface area (Å²) < 4.78 is 15.5. The topological polar surface area (TPSA) is 94.1 Å². The third-order valence-corrected chi connectivity index (χ3v) is 4.15. The highest BCUT2D eigenvalue weighted by Crippen LogP contribution is 2.36. The lowest BCUT2D eigenvalue weighted by Gasteiger charge is -2.15. The van der Waals surface area contributed by atoms with Crippen molar-refractivity contribution >= 4 is 29.2 Å². The van der Waals surface area contributed by atoms with Crippen molar-refractivity contribution in [1.29, 1.82) is 0 Å². The van der Waals surface area contributed by atoms with Crippen LogP contribution in [-0.4, -0.2) is 38.3 Å². The van der Waals surface area contributed by atoms with Crippen molar-refractivity contribution in [2.24, 2.45) is 0 Å². The molecule has 0 heterocycles. The minimum absolute atomic E-state index is 0.0233. The molecule has 8 heteroatoms. The lowest BCUT2D eigenvalue weighted by molar-refractivity contribution is -0.116.